The molecular formula is C25H22BrN3O4S. The van der Waals surface area contributed by atoms with Gasteiger partial charge in [-0.2, -0.15) is 0 Å². The van der Waals surface area contributed by atoms with Crippen molar-refractivity contribution in [1.29, 1.82) is 0 Å². The summed E-state index contributed by atoms with van der Waals surface area (Å²) in [6, 6.07) is 14.9. The lowest BCUT2D eigenvalue weighted by molar-refractivity contribution is -0.122. The number of nitrogens with zero attached hydrogens (tertiary/aromatic N) is 2. The average Bonchev–Trinajstić information content (AvgIpc) is 3.09. The van der Waals surface area contributed by atoms with E-state index in [1.807, 2.05) is 44.2 Å². The Balaban J connectivity index is 1.78. The number of amides is 2. The highest BCUT2D eigenvalue weighted by Crippen LogP contribution is 2.35. The van der Waals surface area contributed by atoms with E-state index < -0.39 is 11.8 Å². The molecule has 0 atom stereocenters. The van der Waals surface area contributed by atoms with E-state index in [9.17, 15) is 9.59 Å². The van der Waals surface area contributed by atoms with Gasteiger partial charge in [-0.3, -0.25) is 14.9 Å². The van der Waals surface area contributed by atoms with Gasteiger partial charge in [0.1, 0.15) is 17.1 Å². The van der Waals surface area contributed by atoms with Crippen molar-refractivity contribution in [3.63, 3.8) is 0 Å². The molecule has 1 aliphatic rings. The van der Waals surface area contributed by atoms with E-state index in [2.05, 4.69) is 25.8 Å². The normalized spacial score (nSPS) is 15.0. The van der Waals surface area contributed by atoms with Gasteiger partial charge in [-0.05, 0) is 74.1 Å². The molecule has 174 valence electrons. The van der Waals surface area contributed by atoms with Crippen LogP contribution >= 0.6 is 28.1 Å². The van der Waals surface area contributed by atoms with Gasteiger partial charge in [0.05, 0.1) is 19.9 Å². The monoisotopic (exact) mass is 539 g/mol. The number of anilines is 1. The SMILES string of the molecule is COc1ccc(N2C(=O)/C(=C/c3cc(C)n(-c4cccc(Br)c4)c3C)C(=O)NC2=S)c(OC)c1. The van der Waals surface area contributed by atoms with Gasteiger partial charge < -0.3 is 14.0 Å². The third kappa shape index (κ3) is 4.24. The second kappa shape index (κ2) is 9.44. The summed E-state index contributed by atoms with van der Waals surface area (Å²) in [6.07, 6.45) is 1.60. The number of methoxy groups -OCH3 is 2. The maximum Gasteiger partial charge on any atom is 0.270 e. The summed E-state index contributed by atoms with van der Waals surface area (Å²) in [5.74, 6) is -0.135. The number of rotatable bonds is 5. The lowest BCUT2D eigenvalue weighted by Gasteiger charge is -2.30. The lowest BCUT2D eigenvalue weighted by atomic mass is 10.1. The second-order valence-corrected chi connectivity index (χ2v) is 8.94. The number of benzene rings is 2. The van der Waals surface area contributed by atoms with Crippen molar-refractivity contribution >= 4 is 56.8 Å². The van der Waals surface area contributed by atoms with Crippen molar-refractivity contribution in [1.82, 2.24) is 9.88 Å². The van der Waals surface area contributed by atoms with Crippen LogP contribution in [-0.2, 0) is 9.59 Å². The predicted octanol–water partition coefficient (Wildman–Crippen LogP) is 4.71. The average molecular weight is 540 g/mol. The Labute approximate surface area is 211 Å². The number of aryl methyl sites for hydroxylation is 1. The topological polar surface area (TPSA) is 72.8 Å². The smallest absolute Gasteiger partial charge is 0.270 e. The number of halogens is 1. The molecule has 1 saturated heterocycles. The summed E-state index contributed by atoms with van der Waals surface area (Å²) in [5, 5.41) is 2.60. The van der Waals surface area contributed by atoms with E-state index in [1.165, 1.54) is 19.1 Å². The number of hydrogen-bond acceptors (Lipinski definition) is 5. The van der Waals surface area contributed by atoms with Gasteiger partial charge in [-0.15, -0.1) is 0 Å². The van der Waals surface area contributed by atoms with Crippen molar-refractivity contribution in [2.75, 3.05) is 19.1 Å². The maximum atomic E-state index is 13.5. The summed E-state index contributed by atoms with van der Waals surface area (Å²) < 4.78 is 13.7. The van der Waals surface area contributed by atoms with Crippen molar-refractivity contribution in [3.05, 3.63) is 75.5 Å². The minimum absolute atomic E-state index is 0.0183. The quantitative estimate of drug-likeness (QED) is 0.289. The van der Waals surface area contributed by atoms with E-state index in [1.54, 1.807) is 24.3 Å². The molecule has 0 saturated carbocycles. The minimum atomic E-state index is -0.550. The van der Waals surface area contributed by atoms with Crippen LogP contribution in [0.5, 0.6) is 11.5 Å². The van der Waals surface area contributed by atoms with Crippen LogP contribution < -0.4 is 19.7 Å². The van der Waals surface area contributed by atoms with Crippen LogP contribution in [0.4, 0.5) is 5.69 Å². The Bertz CT molecular complexity index is 1360. The molecule has 2 heterocycles. The van der Waals surface area contributed by atoms with Gasteiger partial charge in [0, 0.05) is 27.6 Å². The van der Waals surface area contributed by atoms with E-state index in [-0.39, 0.29) is 10.7 Å². The number of hydrogen-bond donors (Lipinski definition) is 1. The molecule has 0 radical (unpaired) electrons. The number of aromatic nitrogens is 1. The van der Waals surface area contributed by atoms with Gasteiger partial charge in [0.2, 0.25) is 0 Å². The molecule has 7 nitrogen and oxygen atoms in total. The van der Waals surface area contributed by atoms with E-state index >= 15 is 0 Å². The van der Waals surface area contributed by atoms with Crippen LogP contribution in [0, 0.1) is 13.8 Å². The molecule has 1 N–H and O–H groups in total. The van der Waals surface area contributed by atoms with Crippen molar-refractivity contribution in [2.24, 2.45) is 0 Å². The van der Waals surface area contributed by atoms with Gasteiger partial charge in [0.15, 0.2) is 5.11 Å². The summed E-state index contributed by atoms with van der Waals surface area (Å²) in [6.45, 7) is 3.92. The zero-order valence-electron chi connectivity index (χ0n) is 19.0. The zero-order chi connectivity index (χ0) is 24.6. The molecular weight excluding hydrogens is 518 g/mol. The van der Waals surface area contributed by atoms with E-state index in [4.69, 9.17) is 21.7 Å². The molecule has 2 amide bonds. The van der Waals surface area contributed by atoms with Crippen molar-refractivity contribution < 1.29 is 19.1 Å². The summed E-state index contributed by atoms with van der Waals surface area (Å²) in [7, 11) is 3.03. The van der Waals surface area contributed by atoms with Gasteiger partial charge in [0.25, 0.3) is 11.8 Å². The van der Waals surface area contributed by atoms with Gasteiger partial charge >= 0.3 is 0 Å². The third-order valence-electron chi connectivity index (χ3n) is 5.57. The molecule has 0 spiro atoms. The molecule has 9 heteroatoms. The standard InChI is InChI=1S/C25H22BrN3O4S/c1-14-10-16(15(2)28(14)18-7-5-6-17(26)12-18)11-20-23(30)27-25(34)29(24(20)31)21-9-8-19(32-3)13-22(21)33-4/h5-13H,1-4H3,(H,27,30,34)/b20-11+. The Kier molecular flexibility index (Phi) is 6.58. The Morgan fingerprint density at radius 2 is 1.79 bits per heavy atom. The van der Waals surface area contributed by atoms with Gasteiger partial charge in [-0.1, -0.05) is 22.0 Å². The van der Waals surface area contributed by atoms with E-state index in [0.29, 0.717) is 17.2 Å². The largest absolute Gasteiger partial charge is 0.497 e. The van der Waals surface area contributed by atoms with Crippen molar-refractivity contribution in [2.45, 2.75) is 13.8 Å². The second-order valence-electron chi connectivity index (χ2n) is 7.64. The third-order valence-corrected chi connectivity index (χ3v) is 6.34. The Morgan fingerprint density at radius 3 is 2.47 bits per heavy atom. The lowest BCUT2D eigenvalue weighted by Crippen LogP contribution is -2.54. The fraction of sp³-hybridized carbons (Fsp3) is 0.160. The fourth-order valence-electron chi connectivity index (χ4n) is 3.95. The first-order valence-electron chi connectivity index (χ1n) is 10.3. The highest BCUT2D eigenvalue weighted by Gasteiger charge is 2.36. The molecule has 1 aliphatic heterocycles. The summed E-state index contributed by atoms with van der Waals surface area (Å²) in [5.41, 5.74) is 3.97. The number of ether oxygens (including phenoxy) is 2. The van der Waals surface area contributed by atoms with Crippen LogP contribution in [0.15, 0.2) is 58.6 Å². The maximum absolute atomic E-state index is 13.5. The molecule has 0 bridgehead atoms. The highest BCUT2D eigenvalue weighted by molar-refractivity contribution is 9.10. The molecule has 2 aromatic carbocycles. The summed E-state index contributed by atoms with van der Waals surface area (Å²) in [4.78, 5) is 27.5. The minimum Gasteiger partial charge on any atom is -0.497 e. The number of thiocarbonyl (C=S) groups is 1. The van der Waals surface area contributed by atoms with E-state index in [0.717, 1.165) is 27.1 Å². The molecule has 34 heavy (non-hydrogen) atoms. The zero-order valence-corrected chi connectivity index (χ0v) is 21.4. The molecule has 1 fully saturated rings. The van der Waals surface area contributed by atoms with Crippen LogP contribution in [0.2, 0.25) is 0 Å². The van der Waals surface area contributed by atoms with Crippen LogP contribution in [0.3, 0.4) is 0 Å². The first-order chi connectivity index (χ1) is 16.2. The Morgan fingerprint density at radius 1 is 1.03 bits per heavy atom. The number of carbonyl (C=O) groups excluding carboxylic acids is 2. The van der Waals surface area contributed by atoms with Crippen LogP contribution in [-0.4, -0.2) is 35.7 Å². The molecule has 4 rings (SSSR count). The predicted molar refractivity (Wildman–Crippen MR) is 139 cm³/mol. The summed E-state index contributed by atoms with van der Waals surface area (Å²) >= 11 is 8.83. The molecule has 1 aromatic heterocycles. The van der Waals surface area contributed by atoms with Crippen molar-refractivity contribution in [3.8, 4) is 17.2 Å². The first-order valence-corrected chi connectivity index (χ1v) is 11.5. The number of nitrogens with one attached hydrogen (secondary N) is 1. The fourth-order valence-corrected chi connectivity index (χ4v) is 4.61. The van der Waals surface area contributed by atoms with Gasteiger partial charge in [-0.25, -0.2) is 4.90 Å². The van der Waals surface area contributed by atoms with Crippen LogP contribution in [0.1, 0.15) is 17.0 Å². The molecule has 3 aromatic rings. The Hall–Kier alpha value is -3.43. The van der Waals surface area contributed by atoms with Crippen LogP contribution in [0.25, 0.3) is 11.8 Å². The molecule has 0 unspecified atom stereocenters. The molecule has 0 aliphatic carbocycles. The number of carbonyl (C=O) groups is 2. The highest BCUT2D eigenvalue weighted by atomic mass is 79.9. The first kappa shape index (κ1) is 23.7.